The highest BCUT2D eigenvalue weighted by molar-refractivity contribution is 6.09. The Hall–Kier alpha value is -1.77. The first-order chi connectivity index (χ1) is 7.67. The van der Waals surface area contributed by atoms with Crippen LogP contribution in [0.5, 0.6) is 0 Å². The van der Waals surface area contributed by atoms with Gasteiger partial charge in [0.1, 0.15) is 0 Å². The molecule has 1 aromatic rings. The molecule has 0 saturated heterocycles. The second-order valence-corrected chi connectivity index (χ2v) is 3.49. The van der Waals surface area contributed by atoms with Gasteiger partial charge in [0, 0.05) is 17.5 Å². The minimum absolute atomic E-state index is 0.848. The first-order valence-corrected chi connectivity index (χ1v) is 5.31. The molecule has 0 spiro atoms. The van der Waals surface area contributed by atoms with Gasteiger partial charge in [-0.05, 0) is 39.8 Å². The Morgan fingerprint density at radius 2 is 1.94 bits per heavy atom. The van der Waals surface area contributed by atoms with Gasteiger partial charge in [0.2, 0.25) is 0 Å². The predicted molar refractivity (Wildman–Crippen MR) is 68.3 cm³/mol. The number of allylic oxidation sites excluding steroid dienone is 4. The Labute approximate surface area is 96.6 Å². The number of nitrogens with zero attached hydrogens (tertiary/aromatic N) is 3. The SMILES string of the molecule is C\C=C(/C=N/C(C)=C/C)c1ccc(C)nn1. The van der Waals surface area contributed by atoms with Gasteiger partial charge in [-0.3, -0.25) is 4.99 Å². The molecule has 0 bridgehead atoms. The van der Waals surface area contributed by atoms with Crippen LogP contribution in [0, 0.1) is 6.92 Å². The number of aliphatic imine (C=N–C) groups is 1. The zero-order chi connectivity index (χ0) is 12.0. The van der Waals surface area contributed by atoms with Crippen LogP contribution in [0.3, 0.4) is 0 Å². The van der Waals surface area contributed by atoms with Gasteiger partial charge in [-0.25, -0.2) is 0 Å². The summed E-state index contributed by atoms with van der Waals surface area (Å²) in [7, 11) is 0. The van der Waals surface area contributed by atoms with E-state index >= 15 is 0 Å². The lowest BCUT2D eigenvalue weighted by Gasteiger charge is -1.99. The summed E-state index contributed by atoms with van der Waals surface area (Å²) in [6.45, 7) is 7.82. The van der Waals surface area contributed by atoms with E-state index in [0.717, 1.165) is 22.7 Å². The molecule has 1 rings (SSSR count). The number of hydrogen-bond acceptors (Lipinski definition) is 3. The minimum atomic E-state index is 0.848. The van der Waals surface area contributed by atoms with Crippen molar-refractivity contribution in [3.63, 3.8) is 0 Å². The standard InChI is InChI=1S/C13H17N3/c1-5-10(3)14-9-12(6-2)13-8-7-11(4)15-16-13/h5-9H,1-4H3/b10-5+,12-6+,14-9+. The summed E-state index contributed by atoms with van der Waals surface area (Å²) >= 11 is 0. The van der Waals surface area contributed by atoms with Crippen molar-refractivity contribution >= 4 is 11.8 Å². The Morgan fingerprint density at radius 3 is 2.44 bits per heavy atom. The average Bonchev–Trinajstić information content (AvgIpc) is 2.31. The lowest BCUT2D eigenvalue weighted by atomic mass is 10.2. The van der Waals surface area contributed by atoms with E-state index in [4.69, 9.17) is 0 Å². The van der Waals surface area contributed by atoms with E-state index in [9.17, 15) is 0 Å². The molecule has 1 heterocycles. The van der Waals surface area contributed by atoms with Crippen LogP contribution < -0.4 is 0 Å². The third kappa shape index (κ3) is 3.42. The molecule has 3 heteroatoms. The lowest BCUT2D eigenvalue weighted by molar-refractivity contribution is 0.967. The Kier molecular flexibility index (Phi) is 4.58. The van der Waals surface area contributed by atoms with E-state index < -0.39 is 0 Å². The third-order valence-corrected chi connectivity index (χ3v) is 2.23. The van der Waals surface area contributed by atoms with Gasteiger partial charge >= 0.3 is 0 Å². The number of rotatable bonds is 3. The molecule has 0 fully saturated rings. The van der Waals surface area contributed by atoms with Gasteiger partial charge in [-0.1, -0.05) is 12.2 Å². The summed E-state index contributed by atoms with van der Waals surface area (Å²) in [4.78, 5) is 4.31. The molecule has 0 amide bonds. The van der Waals surface area contributed by atoms with E-state index in [2.05, 4.69) is 15.2 Å². The molecule has 3 nitrogen and oxygen atoms in total. The first-order valence-electron chi connectivity index (χ1n) is 5.31. The Balaban J connectivity index is 2.92. The number of hydrogen-bond donors (Lipinski definition) is 0. The van der Waals surface area contributed by atoms with Crippen LogP contribution in [-0.4, -0.2) is 16.4 Å². The highest BCUT2D eigenvalue weighted by atomic mass is 15.1. The molecule has 0 aromatic carbocycles. The maximum atomic E-state index is 4.31. The van der Waals surface area contributed by atoms with E-state index in [0.29, 0.717) is 0 Å². The van der Waals surface area contributed by atoms with Crippen LogP contribution in [0.25, 0.3) is 5.57 Å². The summed E-state index contributed by atoms with van der Waals surface area (Å²) in [5.74, 6) is 0. The largest absolute Gasteiger partial charge is 0.261 e. The molecule has 84 valence electrons. The monoisotopic (exact) mass is 215 g/mol. The van der Waals surface area contributed by atoms with Gasteiger partial charge < -0.3 is 0 Å². The van der Waals surface area contributed by atoms with Crippen LogP contribution in [0.15, 0.2) is 35.0 Å². The number of aromatic nitrogens is 2. The molecule has 0 atom stereocenters. The van der Waals surface area contributed by atoms with E-state index in [-0.39, 0.29) is 0 Å². The second-order valence-electron chi connectivity index (χ2n) is 3.49. The van der Waals surface area contributed by atoms with Crippen molar-refractivity contribution in [1.82, 2.24) is 10.2 Å². The highest BCUT2D eigenvalue weighted by Gasteiger charge is 1.99. The molecule has 0 aliphatic heterocycles. The maximum absolute atomic E-state index is 4.31. The Bertz CT molecular complexity index is 425. The summed E-state index contributed by atoms with van der Waals surface area (Å²) in [6.07, 6.45) is 5.76. The van der Waals surface area contributed by atoms with Crippen LogP contribution in [0.4, 0.5) is 0 Å². The molecule has 0 aliphatic rings. The molecule has 0 radical (unpaired) electrons. The molecule has 0 unspecified atom stereocenters. The first kappa shape index (κ1) is 12.3. The molecule has 0 saturated carbocycles. The van der Waals surface area contributed by atoms with Crippen molar-refractivity contribution in [2.24, 2.45) is 4.99 Å². The van der Waals surface area contributed by atoms with Crippen LogP contribution in [0.2, 0.25) is 0 Å². The lowest BCUT2D eigenvalue weighted by Crippen LogP contribution is -1.94. The molecule has 1 aromatic heterocycles. The van der Waals surface area contributed by atoms with Gasteiger partial charge in [0.15, 0.2) is 0 Å². The normalized spacial score (nSPS) is 13.5. The third-order valence-electron chi connectivity index (χ3n) is 2.23. The average molecular weight is 215 g/mol. The fourth-order valence-electron chi connectivity index (χ4n) is 1.09. The van der Waals surface area contributed by atoms with Gasteiger partial charge in [0.25, 0.3) is 0 Å². The summed E-state index contributed by atoms with van der Waals surface area (Å²) < 4.78 is 0. The van der Waals surface area contributed by atoms with E-state index in [1.165, 1.54) is 0 Å². The zero-order valence-corrected chi connectivity index (χ0v) is 10.2. The summed E-state index contributed by atoms with van der Waals surface area (Å²) in [6, 6.07) is 3.90. The summed E-state index contributed by atoms with van der Waals surface area (Å²) in [5.41, 5.74) is 3.73. The highest BCUT2D eigenvalue weighted by Crippen LogP contribution is 2.09. The van der Waals surface area contributed by atoms with Crippen LogP contribution in [-0.2, 0) is 0 Å². The maximum Gasteiger partial charge on any atom is 0.0941 e. The molecule has 0 N–H and O–H groups in total. The second kappa shape index (κ2) is 5.95. The molecular formula is C13H17N3. The Morgan fingerprint density at radius 1 is 1.19 bits per heavy atom. The minimum Gasteiger partial charge on any atom is -0.261 e. The van der Waals surface area contributed by atoms with Crippen molar-refractivity contribution in [3.8, 4) is 0 Å². The van der Waals surface area contributed by atoms with E-state index in [1.807, 2.05) is 58.2 Å². The van der Waals surface area contributed by atoms with Crippen molar-refractivity contribution in [1.29, 1.82) is 0 Å². The fourth-order valence-corrected chi connectivity index (χ4v) is 1.09. The quantitative estimate of drug-likeness (QED) is 0.726. The van der Waals surface area contributed by atoms with Crippen LogP contribution in [0.1, 0.15) is 32.2 Å². The van der Waals surface area contributed by atoms with Gasteiger partial charge in [-0.2, -0.15) is 10.2 Å². The smallest absolute Gasteiger partial charge is 0.0941 e. The van der Waals surface area contributed by atoms with Crippen molar-refractivity contribution in [2.75, 3.05) is 0 Å². The molecular weight excluding hydrogens is 198 g/mol. The van der Waals surface area contributed by atoms with E-state index in [1.54, 1.807) is 0 Å². The topological polar surface area (TPSA) is 38.1 Å². The summed E-state index contributed by atoms with van der Waals surface area (Å²) in [5, 5.41) is 8.15. The van der Waals surface area contributed by atoms with Gasteiger partial charge in [-0.15, -0.1) is 0 Å². The predicted octanol–water partition coefficient (Wildman–Crippen LogP) is 3.18. The zero-order valence-electron chi connectivity index (χ0n) is 10.2. The number of aryl methyl sites for hydroxylation is 1. The molecule has 0 aliphatic carbocycles. The van der Waals surface area contributed by atoms with Gasteiger partial charge in [0.05, 0.1) is 11.4 Å². The van der Waals surface area contributed by atoms with Crippen molar-refractivity contribution < 1.29 is 0 Å². The van der Waals surface area contributed by atoms with Crippen molar-refractivity contribution in [3.05, 3.63) is 41.4 Å². The fraction of sp³-hybridized carbons (Fsp3) is 0.308. The molecule has 16 heavy (non-hydrogen) atoms. The van der Waals surface area contributed by atoms with Crippen molar-refractivity contribution in [2.45, 2.75) is 27.7 Å². The van der Waals surface area contributed by atoms with Crippen LogP contribution >= 0.6 is 0 Å².